The highest BCUT2D eigenvalue weighted by Crippen LogP contribution is 2.23. The lowest BCUT2D eigenvalue weighted by atomic mass is 9.95. The third-order valence-corrected chi connectivity index (χ3v) is 6.81. The van der Waals surface area contributed by atoms with Crippen LogP contribution in [0, 0.1) is 12.8 Å². The number of likely N-dealkylation sites (tertiary alicyclic amines) is 1. The van der Waals surface area contributed by atoms with Crippen molar-refractivity contribution in [1.29, 1.82) is 0 Å². The van der Waals surface area contributed by atoms with E-state index in [-0.39, 0.29) is 12.0 Å². The molecule has 0 aliphatic carbocycles. The Bertz CT molecular complexity index is 781. The van der Waals surface area contributed by atoms with Gasteiger partial charge in [-0.05, 0) is 62.7 Å². The summed E-state index contributed by atoms with van der Waals surface area (Å²) >= 11 is 1.48. The van der Waals surface area contributed by atoms with E-state index in [9.17, 15) is 4.79 Å². The fraction of sp³-hybridized carbons (Fsp3) is 0.565. The van der Waals surface area contributed by atoms with Crippen LogP contribution < -0.4 is 0 Å². The number of aryl methyl sites for hydroxylation is 1. The molecule has 1 atom stereocenters. The minimum absolute atomic E-state index is 0.0593. The largest absolute Gasteiger partial charge is 0.376 e. The zero-order chi connectivity index (χ0) is 20.1. The van der Waals surface area contributed by atoms with E-state index in [4.69, 9.17) is 4.74 Å². The highest BCUT2D eigenvalue weighted by Gasteiger charge is 2.28. The van der Waals surface area contributed by atoms with Crippen LogP contribution in [-0.4, -0.2) is 59.6 Å². The molecule has 2 aliphatic rings. The molecule has 1 aromatic carbocycles. The SMILES string of the molecule is Cc1ccccc1CN1CCC(CN(C[C@@H]2CCCO2)C(=O)c2cscn2)CC1. The first kappa shape index (κ1) is 20.5. The van der Waals surface area contributed by atoms with Crippen LogP contribution in [0.4, 0.5) is 0 Å². The van der Waals surface area contributed by atoms with Crippen LogP contribution in [0.15, 0.2) is 35.2 Å². The molecule has 0 spiro atoms. The Morgan fingerprint density at radius 3 is 2.76 bits per heavy atom. The minimum Gasteiger partial charge on any atom is -0.376 e. The number of amides is 1. The summed E-state index contributed by atoms with van der Waals surface area (Å²) in [5.74, 6) is 0.608. The predicted molar refractivity (Wildman–Crippen MR) is 116 cm³/mol. The summed E-state index contributed by atoms with van der Waals surface area (Å²) in [5.41, 5.74) is 5.10. The van der Waals surface area contributed by atoms with E-state index in [1.54, 1.807) is 5.51 Å². The molecule has 0 saturated carbocycles. The van der Waals surface area contributed by atoms with Crippen molar-refractivity contribution in [3.8, 4) is 0 Å². The Hall–Kier alpha value is -1.76. The Kier molecular flexibility index (Phi) is 6.95. The molecule has 0 N–H and O–H groups in total. The number of thiazole rings is 1. The molecule has 156 valence electrons. The van der Waals surface area contributed by atoms with Crippen LogP contribution >= 0.6 is 11.3 Å². The molecule has 4 rings (SSSR count). The van der Waals surface area contributed by atoms with Gasteiger partial charge in [0.1, 0.15) is 5.69 Å². The fourth-order valence-electron chi connectivity index (χ4n) is 4.42. The number of hydrogen-bond donors (Lipinski definition) is 0. The molecule has 2 saturated heterocycles. The van der Waals surface area contributed by atoms with Crippen LogP contribution in [0.5, 0.6) is 0 Å². The average molecular weight is 414 g/mol. The van der Waals surface area contributed by atoms with Crippen LogP contribution in [0.25, 0.3) is 0 Å². The van der Waals surface area contributed by atoms with Gasteiger partial charge in [-0.2, -0.15) is 0 Å². The van der Waals surface area contributed by atoms with Gasteiger partial charge in [-0.3, -0.25) is 9.69 Å². The number of carbonyl (C=O) groups is 1. The first-order chi connectivity index (χ1) is 14.2. The number of aromatic nitrogens is 1. The second-order valence-electron chi connectivity index (χ2n) is 8.36. The Morgan fingerprint density at radius 2 is 2.07 bits per heavy atom. The summed E-state index contributed by atoms with van der Waals surface area (Å²) in [4.78, 5) is 21.8. The normalized spacial score (nSPS) is 20.8. The van der Waals surface area contributed by atoms with Crippen LogP contribution in [0.1, 0.15) is 47.3 Å². The molecule has 2 fully saturated rings. The van der Waals surface area contributed by atoms with E-state index < -0.39 is 0 Å². The van der Waals surface area contributed by atoms with Crippen molar-refractivity contribution in [3.63, 3.8) is 0 Å². The molecule has 2 aliphatic heterocycles. The van der Waals surface area contributed by atoms with Crippen molar-refractivity contribution < 1.29 is 9.53 Å². The van der Waals surface area contributed by atoms with Gasteiger partial charge in [0.2, 0.25) is 0 Å². The highest BCUT2D eigenvalue weighted by atomic mass is 32.1. The summed E-state index contributed by atoms with van der Waals surface area (Å²) in [7, 11) is 0. The third-order valence-electron chi connectivity index (χ3n) is 6.23. The van der Waals surface area contributed by atoms with E-state index in [1.807, 2.05) is 10.3 Å². The summed E-state index contributed by atoms with van der Waals surface area (Å²) in [6, 6.07) is 8.65. The van der Waals surface area contributed by atoms with E-state index in [0.717, 1.165) is 58.5 Å². The number of hydrogen-bond acceptors (Lipinski definition) is 5. The van der Waals surface area contributed by atoms with Crippen LogP contribution in [-0.2, 0) is 11.3 Å². The molecule has 1 amide bonds. The van der Waals surface area contributed by atoms with Crippen molar-refractivity contribution in [1.82, 2.24) is 14.8 Å². The molecule has 2 aromatic rings. The molecule has 29 heavy (non-hydrogen) atoms. The van der Waals surface area contributed by atoms with Gasteiger partial charge < -0.3 is 9.64 Å². The number of carbonyl (C=O) groups excluding carboxylic acids is 1. The molecule has 0 unspecified atom stereocenters. The Balaban J connectivity index is 1.33. The second kappa shape index (κ2) is 9.83. The summed E-state index contributed by atoms with van der Waals surface area (Å²) in [6.07, 6.45) is 4.60. The standard InChI is InChI=1S/C23H31N3O2S/c1-18-5-2-3-6-20(18)14-25-10-8-19(9-11-25)13-26(15-21-7-4-12-28-21)23(27)22-16-29-17-24-22/h2-3,5-6,16-17,19,21H,4,7-15H2,1H3/t21-/m0/s1. The van der Waals surface area contributed by atoms with Crippen LogP contribution in [0.3, 0.4) is 0 Å². The molecule has 5 nitrogen and oxygen atoms in total. The Labute approximate surface area is 177 Å². The summed E-state index contributed by atoms with van der Waals surface area (Å²) in [6.45, 7) is 7.73. The van der Waals surface area contributed by atoms with Gasteiger partial charge in [-0.15, -0.1) is 11.3 Å². The van der Waals surface area contributed by atoms with Crippen molar-refractivity contribution in [2.75, 3.05) is 32.8 Å². The van der Waals surface area contributed by atoms with Gasteiger partial charge in [-0.25, -0.2) is 4.98 Å². The second-order valence-corrected chi connectivity index (χ2v) is 9.08. The Morgan fingerprint density at radius 1 is 1.24 bits per heavy atom. The van der Waals surface area contributed by atoms with E-state index in [2.05, 4.69) is 41.1 Å². The van der Waals surface area contributed by atoms with Crippen molar-refractivity contribution in [2.45, 2.75) is 45.3 Å². The zero-order valence-electron chi connectivity index (χ0n) is 17.3. The molecule has 3 heterocycles. The third kappa shape index (κ3) is 5.44. The van der Waals surface area contributed by atoms with Crippen LogP contribution in [0.2, 0.25) is 0 Å². The highest BCUT2D eigenvalue weighted by molar-refractivity contribution is 7.07. The average Bonchev–Trinajstić information content (AvgIpc) is 3.44. The monoisotopic (exact) mass is 413 g/mol. The molecular weight excluding hydrogens is 382 g/mol. The van der Waals surface area contributed by atoms with Crippen molar-refractivity contribution >= 4 is 17.2 Å². The number of rotatable bonds is 7. The predicted octanol–water partition coefficient (Wildman–Crippen LogP) is 3.98. The molecule has 0 bridgehead atoms. The minimum atomic E-state index is 0.0593. The fourth-order valence-corrected chi connectivity index (χ4v) is 4.95. The van der Waals surface area contributed by atoms with Gasteiger partial charge in [0.25, 0.3) is 5.91 Å². The number of nitrogens with zero attached hydrogens (tertiary/aromatic N) is 3. The maximum absolute atomic E-state index is 13.0. The smallest absolute Gasteiger partial charge is 0.273 e. The molecular formula is C23H31N3O2S. The van der Waals surface area contributed by atoms with E-state index in [1.165, 1.54) is 22.5 Å². The maximum atomic E-state index is 13.0. The quantitative estimate of drug-likeness (QED) is 0.689. The molecule has 0 radical (unpaired) electrons. The van der Waals surface area contributed by atoms with Gasteiger partial charge in [-0.1, -0.05) is 24.3 Å². The van der Waals surface area contributed by atoms with Gasteiger partial charge >= 0.3 is 0 Å². The lowest BCUT2D eigenvalue weighted by molar-refractivity contribution is 0.0441. The first-order valence-corrected chi connectivity index (χ1v) is 11.7. The van der Waals surface area contributed by atoms with E-state index >= 15 is 0 Å². The van der Waals surface area contributed by atoms with E-state index in [0.29, 0.717) is 18.2 Å². The van der Waals surface area contributed by atoms with Gasteiger partial charge in [0, 0.05) is 31.6 Å². The van der Waals surface area contributed by atoms with Gasteiger partial charge in [0.15, 0.2) is 0 Å². The number of benzene rings is 1. The van der Waals surface area contributed by atoms with Crippen molar-refractivity contribution in [2.24, 2.45) is 5.92 Å². The number of ether oxygens (including phenoxy) is 1. The molecule has 1 aromatic heterocycles. The first-order valence-electron chi connectivity index (χ1n) is 10.7. The van der Waals surface area contributed by atoms with Gasteiger partial charge in [0.05, 0.1) is 11.6 Å². The summed E-state index contributed by atoms with van der Waals surface area (Å²) in [5, 5.41) is 1.86. The van der Waals surface area contributed by atoms with Crippen molar-refractivity contribution in [3.05, 3.63) is 52.0 Å². The lowest BCUT2D eigenvalue weighted by Crippen LogP contribution is -2.43. The zero-order valence-corrected chi connectivity index (χ0v) is 18.1. The topological polar surface area (TPSA) is 45.7 Å². The maximum Gasteiger partial charge on any atom is 0.273 e. The number of piperidine rings is 1. The summed E-state index contributed by atoms with van der Waals surface area (Å²) < 4.78 is 5.81. The lowest BCUT2D eigenvalue weighted by Gasteiger charge is -2.35. The molecule has 6 heteroatoms.